The van der Waals surface area contributed by atoms with Crippen LogP contribution in [0.25, 0.3) is 0 Å². The van der Waals surface area contributed by atoms with E-state index in [0.717, 1.165) is 47.4 Å². The van der Waals surface area contributed by atoms with Gasteiger partial charge in [-0.05, 0) is 18.6 Å². The summed E-state index contributed by atoms with van der Waals surface area (Å²) in [7, 11) is 3.80. The van der Waals surface area contributed by atoms with E-state index < -0.39 is 6.10 Å². The van der Waals surface area contributed by atoms with E-state index in [1.54, 1.807) is 0 Å². The van der Waals surface area contributed by atoms with Crippen LogP contribution in [0.1, 0.15) is 25.3 Å². The van der Waals surface area contributed by atoms with Gasteiger partial charge in [-0.15, -0.1) is 0 Å². The van der Waals surface area contributed by atoms with Crippen LogP contribution in [0, 0.1) is 11.8 Å². The SMILES string of the molecule is COC(=O)C1=C2Nc3ccccc3[C@@]23CC[N+]2(C)C[C@@H]([C@H](C)O)[C@@H]1C[C@@H]32.[I-]. The topological polar surface area (TPSA) is 58.6 Å². The number of benzene rings is 1. The molecule has 1 unspecified atom stereocenters. The van der Waals surface area contributed by atoms with Gasteiger partial charge in [-0.25, -0.2) is 4.79 Å². The fraction of sp³-hybridized carbons (Fsp3) is 0.571. The molecular formula is C21H27IN2O3. The molecule has 0 radical (unpaired) electrons. The Kier molecular flexibility index (Phi) is 4.40. The minimum absolute atomic E-state index is 0. The van der Waals surface area contributed by atoms with E-state index in [2.05, 4.69) is 30.6 Å². The van der Waals surface area contributed by atoms with Crippen LogP contribution < -0.4 is 29.3 Å². The van der Waals surface area contributed by atoms with Gasteiger partial charge < -0.3 is 43.6 Å². The molecule has 2 bridgehead atoms. The lowest BCUT2D eigenvalue weighted by molar-refractivity contribution is -0.933. The van der Waals surface area contributed by atoms with Gasteiger partial charge in [0, 0.05) is 36.1 Å². The van der Waals surface area contributed by atoms with Gasteiger partial charge in [0.15, 0.2) is 0 Å². The fourth-order valence-corrected chi connectivity index (χ4v) is 6.63. The molecule has 6 heteroatoms. The number of hydrogen-bond donors (Lipinski definition) is 2. The van der Waals surface area contributed by atoms with Crippen LogP contribution in [-0.4, -0.2) is 55.0 Å². The third-order valence-electron chi connectivity index (χ3n) is 7.74. The van der Waals surface area contributed by atoms with Gasteiger partial charge in [-0.3, -0.25) is 0 Å². The largest absolute Gasteiger partial charge is 1.00 e. The molecule has 27 heavy (non-hydrogen) atoms. The normalized spacial score (nSPS) is 39.0. The fourth-order valence-electron chi connectivity index (χ4n) is 6.63. The van der Waals surface area contributed by atoms with Gasteiger partial charge in [-0.1, -0.05) is 18.2 Å². The van der Waals surface area contributed by atoms with Crippen molar-refractivity contribution in [3.8, 4) is 0 Å². The highest BCUT2D eigenvalue weighted by Gasteiger charge is 2.69. The van der Waals surface area contributed by atoms with Crippen molar-refractivity contribution in [3.63, 3.8) is 0 Å². The average Bonchev–Trinajstić information content (AvgIpc) is 3.14. The molecule has 2 N–H and O–H groups in total. The Morgan fingerprint density at radius 3 is 2.85 bits per heavy atom. The number of piperidine rings is 1. The van der Waals surface area contributed by atoms with Gasteiger partial charge in [0.05, 0.1) is 44.3 Å². The molecule has 3 heterocycles. The Bertz CT molecular complexity index is 838. The number of ether oxygens (including phenoxy) is 1. The number of nitrogens with one attached hydrogen (secondary N) is 1. The van der Waals surface area contributed by atoms with Crippen molar-refractivity contribution in [3.05, 3.63) is 41.1 Å². The molecule has 4 aliphatic rings. The summed E-state index contributed by atoms with van der Waals surface area (Å²) in [4.78, 5) is 12.9. The molecule has 1 spiro atoms. The van der Waals surface area contributed by atoms with Crippen molar-refractivity contribution in [1.29, 1.82) is 0 Å². The second-order valence-corrected chi connectivity index (χ2v) is 8.82. The molecule has 1 aliphatic carbocycles. The van der Waals surface area contributed by atoms with E-state index in [0.29, 0.717) is 6.04 Å². The smallest absolute Gasteiger partial charge is 0.335 e. The number of likely N-dealkylation sites (N-methyl/N-ethyl adjacent to an activating group) is 1. The first-order valence-electron chi connectivity index (χ1n) is 9.64. The number of methoxy groups -OCH3 is 1. The summed E-state index contributed by atoms with van der Waals surface area (Å²) >= 11 is 0. The maximum absolute atomic E-state index is 12.9. The van der Waals surface area contributed by atoms with Crippen LogP contribution in [-0.2, 0) is 14.9 Å². The molecule has 146 valence electrons. The molecule has 3 aliphatic heterocycles. The third-order valence-corrected chi connectivity index (χ3v) is 7.74. The van der Waals surface area contributed by atoms with Gasteiger partial charge in [0.2, 0.25) is 0 Å². The number of anilines is 1. The van der Waals surface area contributed by atoms with Crippen molar-refractivity contribution in [1.82, 2.24) is 0 Å². The minimum Gasteiger partial charge on any atom is -1.00 e. The van der Waals surface area contributed by atoms with E-state index in [-0.39, 0.29) is 47.2 Å². The molecule has 2 fully saturated rings. The zero-order valence-electron chi connectivity index (χ0n) is 16.0. The lowest BCUT2D eigenvalue weighted by Gasteiger charge is -2.54. The Hall–Kier alpha value is -1.12. The number of carbonyl (C=O) groups excluding carboxylic acids is 1. The number of carbonyl (C=O) groups is 1. The molecule has 5 rings (SSSR count). The monoisotopic (exact) mass is 482 g/mol. The number of quaternary nitrogens is 1. The highest BCUT2D eigenvalue weighted by Crippen LogP contribution is 2.63. The van der Waals surface area contributed by atoms with E-state index in [1.807, 2.05) is 13.0 Å². The number of esters is 1. The van der Waals surface area contributed by atoms with E-state index in [4.69, 9.17) is 4.74 Å². The highest BCUT2D eigenvalue weighted by molar-refractivity contribution is 5.93. The minimum atomic E-state index is -0.437. The Morgan fingerprint density at radius 1 is 1.41 bits per heavy atom. The zero-order chi connectivity index (χ0) is 18.3. The summed E-state index contributed by atoms with van der Waals surface area (Å²) in [6.45, 7) is 3.87. The number of halogens is 1. The number of rotatable bonds is 2. The van der Waals surface area contributed by atoms with Gasteiger partial charge in [-0.2, -0.15) is 0 Å². The number of hydrogen-bond acceptors (Lipinski definition) is 4. The number of para-hydroxylation sites is 1. The first-order chi connectivity index (χ1) is 12.4. The summed E-state index contributed by atoms with van der Waals surface area (Å²) in [5.41, 5.74) is 4.17. The summed E-state index contributed by atoms with van der Waals surface area (Å²) in [5.74, 6) is -0.0991. The lowest BCUT2D eigenvalue weighted by atomic mass is 9.59. The van der Waals surface area contributed by atoms with Crippen LogP contribution in [0.5, 0.6) is 0 Å². The second kappa shape index (κ2) is 6.19. The van der Waals surface area contributed by atoms with Crippen molar-refractivity contribution < 1.29 is 43.1 Å². The Morgan fingerprint density at radius 2 is 2.15 bits per heavy atom. The van der Waals surface area contributed by atoms with E-state index in [1.165, 1.54) is 12.7 Å². The van der Waals surface area contributed by atoms with E-state index >= 15 is 0 Å². The molecule has 1 aromatic carbocycles. The quantitative estimate of drug-likeness (QED) is 0.324. The standard InChI is InChI=1S/C21H26N2O3.HI/c1-12(24)14-11-23(2)9-8-21-15-6-4-5-7-16(15)22-19(21)18(20(25)26-3)13(14)10-17(21)23;/h4-7,12-14,17,24H,8-11H2,1-3H3;1H/t12-,13-,14-,17-,21+,23?;/m0./s1. The van der Waals surface area contributed by atoms with Crippen molar-refractivity contribution in [2.75, 3.05) is 32.6 Å². The predicted octanol–water partition coefficient (Wildman–Crippen LogP) is -0.970. The molecular weight excluding hydrogens is 455 g/mol. The molecule has 5 nitrogen and oxygen atoms in total. The van der Waals surface area contributed by atoms with Crippen molar-refractivity contribution in [2.45, 2.75) is 37.3 Å². The van der Waals surface area contributed by atoms with Crippen molar-refractivity contribution in [2.24, 2.45) is 11.8 Å². The molecule has 6 atom stereocenters. The van der Waals surface area contributed by atoms with Crippen molar-refractivity contribution >= 4 is 11.7 Å². The predicted molar refractivity (Wildman–Crippen MR) is 98.4 cm³/mol. The summed E-state index contributed by atoms with van der Waals surface area (Å²) in [5, 5.41) is 14.1. The highest BCUT2D eigenvalue weighted by atomic mass is 127. The maximum atomic E-state index is 12.9. The number of nitrogens with zero attached hydrogens (tertiary/aromatic N) is 1. The van der Waals surface area contributed by atoms with E-state index in [9.17, 15) is 9.90 Å². The van der Waals surface area contributed by atoms with Crippen LogP contribution in [0.4, 0.5) is 5.69 Å². The van der Waals surface area contributed by atoms with Crippen LogP contribution in [0.2, 0.25) is 0 Å². The number of fused-ring (bicyclic) bond motifs is 2. The first kappa shape index (κ1) is 19.2. The number of aliphatic hydroxyl groups is 1. The third kappa shape index (κ3) is 2.26. The maximum Gasteiger partial charge on any atom is 0.335 e. The van der Waals surface area contributed by atoms with Crippen LogP contribution in [0.15, 0.2) is 35.5 Å². The summed E-state index contributed by atoms with van der Waals surface area (Å²) < 4.78 is 6.21. The summed E-state index contributed by atoms with van der Waals surface area (Å²) in [6.07, 6.45) is 1.54. The van der Waals surface area contributed by atoms with Gasteiger partial charge >= 0.3 is 5.97 Å². The summed E-state index contributed by atoms with van der Waals surface area (Å²) in [6, 6.07) is 8.93. The molecule has 2 saturated heterocycles. The van der Waals surface area contributed by atoms with Gasteiger partial charge in [0.1, 0.15) is 6.04 Å². The Balaban J connectivity index is 0.00000180. The zero-order valence-corrected chi connectivity index (χ0v) is 18.2. The first-order valence-corrected chi connectivity index (χ1v) is 9.64. The average molecular weight is 482 g/mol. The van der Waals surface area contributed by atoms with Crippen LogP contribution in [0.3, 0.4) is 0 Å². The Labute approximate surface area is 177 Å². The van der Waals surface area contributed by atoms with Gasteiger partial charge in [0.25, 0.3) is 0 Å². The molecule has 1 aromatic rings. The lowest BCUT2D eigenvalue weighted by Crippen LogP contribution is -3.00. The molecule has 0 saturated carbocycles. The molecule has 0 aromatic heterocycles. The second-order valence-electron chi connectivity index (χ2n) is 8.82. The number of aliphatic hydroxyl groups excluding tert-OH is 1. The molecule has 0 amide bonds. The van der Waals surface area contributed by atoms with Crippen LogP contribution >= 0.6 is 0 Å².